The number of benzene rings is 2. The van der Waals surface area contributed by atoms with Crippen molar-refractivity contribution >= 4 is 27.9 Å². The number of hydrogen-bond acceptors (Lipinski definition) is 5. The maximum Gasteiger partial charge on any atom is 0.247 e. The first kappa shape index (κ1) is 20.8. The van der Waals surface area contributed by atoms with Gasteiger partial charge in [0.15, 0.2) is 0 Å². The minimum absolute atomic E-state index is 0.0516. The second-order valence-corrected chi connectivity index (χ2v) is 8.55. The molecular formula is C25H24N4OS. The zero-order chi connectivity index (χ0) is 21.6. The molecule has 4 rings (SSSR count). The Bertz CT molecular complexity index is 1140. The molecule has 0 aliphatic heterocycles. The van der Waals surface area contributed by atoms with Crippen LogP contribution in [0.4, 0.5) is 10.7 Å². The van der Waals surface area contributed by atoms with Crippen LogP contribution in [0.5, 0.6) is 0 Å². The lowest BCUT2D eigenvalue weighted by Gasteiger charge is -2.28. The van der Waals surface area contributed by atoms with E-state index in [1.54, 1.807) is 23.7 Å². The zero-order valence-corrected chi connectivity index (χ0v) is 18.3. The van der Waals surface area contributed by atoms with Gasteiger partial charge in [0.25, 0.3) is 0 Å². The van der Waals surface area contributed by atoms with Crippen LogP contribution in [0.1, 0.15) is 10.6 Å². The Labute approximate surface area is 186 Å². The van der Waals surface area contributed by atoms with Crippen LogP contribution in [-0.2, 0) is 11.2 Å². The fourth-order valence-corrected chi connectivity index (χ4v) is 4.24. The molecule has 156 valence electrons. The number of anilines is 2. The minimum Gasteiger partial charge on any atom is -0.353 e. The maximum absolute atomic E-state index is 13.4. The summed E-state index contributed by atoms with van der Waals surface area (Å²) in [6.07, 6.45) is 5.96. The zero-order valence-electron chi connectivity index (χ0n) is 17.5. The normalized spacial score (nSPS) is 11.7. The number of likely N-dealkylation sites (N-methyl/N-ethyl adjacent to an activating group) is 1. The van der Waals surface area contributed by atoms with Gasteiger partial charge in [-0.1, -0.05) is 42.5 Å². The van der Waals surface area contributed by atoms with Crippen molar-refractivity contribution in [3.05, 3.63) is 95.9 Å². The SMILES string of the molecule is Cc1ncc(N(C)[C@@H](Cc2ccccc2)C(=O)Nc2cccc(-c3ccncc3)c2)s1. The predicted molar refractivity (Wildman–Crippen MR) is 127 cm³/mol. The van der Waals surface area contributed by atoms with Crippen molar-refractivity contribution in [2.75, 3.05) is 17.3 Å². The lowest BCUT2D eigenvalue weighted by molar-refractivity contribution is -0.117. The van der Waals surface area contributed by atoms with E-state index < -0.39 is 0 Å². The first-order chi connectivity index (χ1) is 15.1. The third-order valence-electron chi connectivity index (χ3n) is 5.14. The topological polar surface area (TPSA) is 58.1 Å². The monoisotopic (exact) mass is 428 g/mol. The van der Waals surface area contributed by atoms with Gasteiger partial charge in [-0.15, -0.1) is 11.3 Å². The van der Waals surface area contributed by atoms with Crippen molar-refractivity contribution in [3.8, 4) is 11.1 Å². The van der Waals surface area contributed by atoms with Crippen molar-refractivity contribution in [3.63, 3.8) is 0 Å². The Kier molecular flexibility index (Phi) is 6.38. The molecule has 2 aromatic carbocycles. The van der Waals surface area contributed by atoms with E-state index in [-0.39, 0.29) is 11.9 Å². The van der Waals surface area contributed by atoms with Gasteiger partial charge in [-0.3, -0.25) is 9.78 Å². The Morgan fingerprint density at radius 3 is 2.52 bits per heavy atom. The quantitative estimate of drug-likeness (QED) is 0.440. The summed E-state index contributed by atoms with van der Waals surface area (Å²) in [6.45, 7) is 1.97. The summed E-state index contributed by atoms with van der Waals surface area (Å²) in [5.41, 5.74) is 3.97. The Hall–Kier alpha value is -3.51. The highest BCUT2D eigenvalue weighted by Gasteiger charge is 2.25. The summed E-state index contributed by atoms with van der Waals surface area (Å²) in [5.74, 6) is -0.0516. The number of rotatable bonds is 7. The van der Waals surface area contributed by atoms with Crippen molar-refractivity contribution < 1.29 is 4.79 Å². The van der Waals surface area contributed by atoms with E-state index in [2.05, 4.69) is 27.4 Å². The van der Waals surface area contributed by atoms with Crippen LogP contribution in [0.2, 0.25) is 0 Å². The molecule has 4 aromatic rings. The van der Waals surface area contributed by atoms with Gasteiger partial charge in [-0.2, -0.15) is 0 Å². The van der Waals surface area contributed by atoms with Gasteiger partial charge in [0.2, 0.25) is 5.91 Å². The first-order valence-corrected chi connectivity index (χ1v) is 10.9. The van der Waals surface area contributed by atoms with Crippen molar-refractivity contribution in [1.29, 1.82) is 0 Å². The molecule has 5 nitrogen and oxygen atoms in total. The van der Waals surface area contributed by atoms with Crippen LogP contribution in [-0.4, -0.2) is 29.0 Å². The number of pyridine rings is 1. The molecule has 0 aliphatic rings. The number of aromatic nitrogens is 2. The number of thiazole rings is 1. The summed E-state index contributed by atoms with van der Waals surface area (Å²) >= 11 is 1.59. The highest BCUT2D eigenvalue weighted by atomic mass is 32.1. The van der Waals surface area contributed by atoms with Crippen LogP contribution >= 0.6 is 11.3 Å². The summed E-state index contributed by atoms with van der Waals surface area (Å²) in [4.78, 5) is 23.9. The summed E-state index contributed by atoms with van der Waals surface area (Å²) < 4.78 is 0. The average Bonchev–Trinajstić information content (AvgIpc) is 3.25. The van der Waals surface area contributed by atoms with Crippen LogP contribution in [0.3, 0.4) is 0 Å². The van der Waals surface area contributed by atoms with Crippen LogP contribution in [0.25, 0.3) is 11.1 Å². The molecule has 0 saturated heterocycles. The maximum atomic E-state index is 13.4. The molecule has 0 radical (unpaired) electrons. The van der Waals surface area contributed by atoms with Crippen molar-refractivity contribution in [1.82, 2.24) is 9.97 Å². The third kappa shape index (κ3) is 5.16. The lowest BCUT2D eigenvalue weighted by Crippen LogP contribution is -2.43. The Balaban J connectivity index is 1.58. The number of amides is 1. The fourth-order valence-electron chi connectivity index (χ4n) is 3.46. The molecule has 2 aromatic heterocycles. The van der Waals surface area contributed by atoms with Crippen molar-refractivity contribution in [2.24, 2.45) is 0 Å². The van der Waals surface area contributed by atoms with E-state index in [1.165, 1.54) is 0 Å². The van der Waals surface area contributed by atoms with Gasteiger partial charge in [0, 0.05) is 31.5 Å². The highest BCUT2D eigenvalue weighted by Crippen LogP contribution is 2.26. The smallest absolute Gasteiger partial charge is 0.247 e. The summed E-state index contributed by atoms with van der Waals surface area (Å²) in [5, 5.41) is 5.07. The largest absolute Gasteiger partial charge is 0.353 e. The molecule has 31 heavy (non-hydrogen) atoms. The third-order valence-corrected chi connectivity index (χ3v) is 6.15. The van der Waals surface area contributed by atoms with E-state index in [9.17, 15) is 4.79 Å². The molecule has 0 saturated carbocycles. The number of aryl methyl sites for hydroxylation is 1. The average molecular weight is 429 g/mol. The second kappa shape index (κ2) is 9.53. The molecule has 0 aliphatic carbocycles. The summed E-state index contributed by atoms with van der Waals surface area (Å²) in [7, 11) is 1.95. The molecular weight excluding hydrogens is 404 g/mol. The Morgan fingerprint density at radius 2 is 1.81 bits per heavy atom. The molecule has 1 atom stereocenters. The standard InChI is InChI=1S/C25H24N4OS/c1-18-27-17-24(31-18)29(2)23(15-19-7-4-3-5-8-19)25(30)28-22-10-6-9-21(16-22)20-11-13-26-14-12-20/h3-14,16-17,23H,15H2,1-2H3,(H,28,30)/t23-/m0/s1. The molecule has 2 heterocycles. The fraction of sp³-hybridized carbons (Fsp3) is 0.160. The van der Waals surface area contributed by atoms with Gasteiger partial charge in [-0.05, 0) is 47.9 Å². The van der Waals surface area contributed by atoms with Gasteiger partial charge in [-0.25, -0.2) is 4.98 Å². The number of nitrogens with one attached hydrogen (secondary N) is 1. The van der Waals surface area contributed by atoms with E-state index in [0.717, 1.165) is 32.4 Å². The van der Waals surface area contributed by atoms with E-state index >= 15 is 0 Å². The molecule has 0 bridgehead atoms. The Morgan fingerprint density at radius 1 is 1.03 bits per heavy atom. The number of carbonyl (C=O) groups excluding carboxylic acids is 1. The lowest BCUT2D eigenvalue weighted by atomic mass is 10.0. The van der Waals surface area contributed by atoms with Gasteiger partial charge in [0.05, 0.1) is 11.2 Å². The minimum atomic E-state index is -0.369. The molecule has 6 heteroatoms. The molecule has 0 fully saturated rings. The molecule has 0 unspecified atom stereocenters. The van der Waals surface area contributed by atoms with Gasteiger partial charge in [0.1, 0.15) is 11.0 Å². The number of nitrogens with zero attached hydrogens (tertiary/aromatic N) is 3. The van der Waals surface area contributed by atoms with Crippen LogP contribution in [0, 0.1) is 6.92 Å². The molecule has 1 amide bonds. The van der Waals surface area contributed by atoms with E-state index in [1.807, 2.05) is 79.7 Å². The number of hydrogen-bond donors (Lipinski definition) is 1. The second-order valence-electron chi connectivity index (χ2n) is 7.34. The van der Waals surface area contributed by atoms with Crippen LogP contribution < -0.4 is 10.2 Å². The first-order valence-electron chi connectivity index (χ1n) is 10.1. The number of carbonyl (C=O) groups is 1. The predicted octanol–water partition coefficient (Wildman–Crippen LogP) is 5.20. The van der Waals surface area contributed by atoms with Gasteiger partial charge >= 0.3 is 0 Å². The van der Waals surface area contributed by atoms with Crippen LogP contribution in [0.15, 0.2) is 85.3 Å². The summed E-state index contributed by atoms with van der Waals surface area (Å²) in [6, 6.07) is 21.5. The van der Waals surface area contributed by atoms with Gasteiger partial charge < -0.3 is 10.2 Å². The molecule has 1 N–H and O–H groups in total. The molecule has 0 spiro atoms. The highest BCUT2D eigenvalue weighted by molar-refractivity contribution is 7.15. The van der Waals surface area contributed by atoms with Crippen molar-refractivity contribution in [2.45, 2.75) is 19.4 Å². The van der Waals surface area contributed by atoms with E-state index in [0.29, 0.717) is 6.42 Å². The van der Waals surface area contributed by atoms with E-state index in [4.69, 9.17) is 0 Å².